The van der Waals surface area contributed by atoms with Gasteiger partial charge in [0.1, 0.15) is 12.4 Å². The predicted octanol–water partition coefficient (Wildman–Crippen LogP) is 1.32. The van der Waals surface area contributed by atoms with E-state index in [1.807, 2.05) is 24.3 Å². The molecule has 0 aliphatic carbocycles. The third-order valence-corrected chi connectivity index (χ3v) is 3.45. The van der Waals surface area contributed by atoms with Crippen molar-refractivity contribution in [2.45, 2.75) is 12.5 Å². The summed E-state index contributed by atoms with van der Waals surface area (Å²) in [5.74, 6) is 0.792. The van der Waals surface area contributed by atoms with Gasteiger partial charge in [-0.05, 0) is 24.3 Å². The van der Waals surface area contributed by atoms with Crippen molar-refractivity contribution in [2.75, 3.05) is 32.8 Å². The van der Waals surface area contributed by atoms with Gasteiger partial charge < -0.3 is 20.1 Å². The Morgan fingerprint density at radius 3 is 2.95 bits per heavy atom. The van der Waals surface area contributed by atoms with Crippen molar-refractivity contribution in [3.63, 3.8) is 0 Å². The van der Waals surface area contributed by atoms with Crippen LogP contribution in [0.1, 0.15) is 6.42 Å². The van der Waals surface area contributed by atoms with Crippen molar-refractivity contribution < 1.29 is 14.3 Å². The fourth-order valence-corrected chi connectivity index (χ4v) is 2.18. The van der Waals surface area contributed by atoms with E-state index in [2.05, 4.69) is 26.6 Å². The van der Waals surface area contributed by atoms with Crippen LogP contribution in [0.2, 0.25) is 0 Å². The topological polar surface area (TPSA) is 59.6 Å². The number of hydrogen-bond donors (Lipinski definition) is 2. The van der Waals surface area contributed by atoms with E-state index in [-0.39, 0.29) is 12.0 Å². The standard InChI is InChI=1S/C14H19BrN2O3/c15-11-1-3-12(4-2-11)19-8-6-17-14(18)9-13-10-16-5-7-20-13/h1-4,13,16H,5-10H2,(H,17,18). The molecule has 0 bridgehead atoms. The molecule has 1 heterocycles. The second kappa shape index (κ2) is 8.24. The van der Waals surface area contributed by atoms with Gasteiger partial charge in [0.2, 0.25) is 5.91 Å². The summed E-state index contributed by atoms with van der Waals surface area (Å²) >= 11 is 3.36. The number of rotatable bonds is 6. The van der Waals surface area contributed by atoms with Gasteiger partial charge in [-0.2, -0.15) is 0 Å². The quantitative estimate of drug-likeness (QED) is 0.765. The summed E-state index contributed by atoms with van der Waals surface area (Å²) in [6.45, 7) is 3.22. The molecule has 1 aliphatic heterocycles. The number of halogens is 1. The van der Waals surface area contributed by atoms with Crippen LogP contribution in [0.25, 0.3) is 0 Å². The van der Waals surface area contributed by atoms with Crippen LogP contribution in [0, 0.1) is 0 Å². The first-order valence-corrected chi connectivity index (χ1v) is 7.51. The van der Waals surface area contributed by atoms with E-state index in [4.69, 9.17) is 9.47 Å². The lowest BCUT2D eigenvalue weighted by atomic mass is 10.2. The average Bonchev–Trinajstić information content (AvgIpc) is 2.46. The van der Waals surface area contributed by atoms with Crippen LogP contribution in [0.5, 0.6) is 5.75 Å². The number of carbonyl (C=O) groups is 1. The Kier molecular flexibility index (Phi) is 6.29. The van der Waals surface area contributed by atoms with Crippen molar-refractivity contribution in [3.8, 4) is 5.75 Å². The minimum Gasteiger partial charge on any atom is -0.492 e. The maximum absolute atomic E-state index is 11.7. The van der Waals surface area contributed by atoms with E-state index in [1.165, 1.54) is 0 Å². The normalized spacial score (nSPS) is 18.6. The van der Waals surface area contributed by atoms with Gasteiger partial charge in [-0.1, -0.05) is 15.9 Å². The molecule has 1 aliphatic rings. The smallest absolute Gasteiger partial charge is 0.222 e. The van der Waals surface area contributed by atoms with Crippen molar-refractivity contribution in [1.29, 1.82) is 0 Å². The molecule has 2 N–H and O–H groups in total. The highest BCUT2D eigenvalue weighted by molar-refractivity contribution is 9.10. The molecule has 1 atom stereocenters. The highest BCUT2D eigenvalue weighted by atomic mass is 79.9. The van der Waals surface area contributed by atoms with E-state index in [0.29, 0.717) is 26.2 Å². The van der Waals surface area contributed by atoms with Gasteiger partial charge in [-0.15, -0.1) is 0 Å². The first kappa shape index (κ1) is 15.3. The molecule has 20 heavy (non-hydrogen) atoms. The van der Waals surface area contributed by atoms with Gasteiger partial charge in [0.15, 0.2) is 0 Å². The summed E-state index contributed by atoms with van der Waals surface area (Å²) < 4.78 is 12.0. The second-order valence-electron chi connectivity index (χ2n) is 4.55. The predicted molar refractivity (Wildman–Crippen MR) is 79.9 cm³/mol. The number of ether oxygens (including phenoxy) is 2. The minimum atomic E-state index is -0.0175. The minimum absolute atomic E-state index is 0.00175. The number of nitrogens with one attached hydrogen (secondary N) is 2. The molecule has 6 heteroatoms. The maximum Gasteiger partial charge on any atom is 0.222 e. The zero-order valence-electron chi connectivity index (χ0n) is 11.2. The summed E-state index contributed by atoms with van der Waals surface area (Å²) in [6, 6.07) is 7.60. The summed E-state index contributed by atoms with van der Waals surface area (Å²) in [4.78, 5) is 11.7. The van der Waals surface area contributed by atoms with Crippen molar-refractivity contribution in [2.24, 2.45) is 0 Å². The largest absolute Gasteiger partial charge is 0.492 e. The Balaban J connectivity index is 1.58. The number of morpholine rings is 1. The molecular weight excluding hydrogens is 324 g/mol. The molecule has 5 nitrogen and oxygen atoms in total. The van der Waals surface area contributed by atoms with Crippen LogP contribution >= 0.6 is 15.9 Å². The van der Waals surface area contributed by atoms with Crippen molar-refractivity contribution in [1.82, 2.24) is 10.6 Å². The van der Waals surface area contributed by atoms with Gasteiger partial charge in [0.25, 0.3) is 0 Å². The molecule has 1 aromatic carbocycles. The third-order valence-electron chi connectivity index (χ3n) is 2.92. The Labute approximate surface area is 127 Å². The highest BCUT2D eigenvalue weighted by Gasteiger charge is 2.16. The Morgan fingerprint density at radius 1 is 1.45 bits per heavy atom. The van der Waals surface area contributed by atoms with Crippen molar-refractivity contribution >= 4 is 21.8 Å². The fraction of sp³-hybridized carbons (Fsp3) is 0.500. The lowest BCUT2D eigenvalue weighted by molar-refractivity contribution is -0.124. The molecule has 2 rings (SSSR count). The first-order valence-electron chi connectivity index (χ1n) is 6.71. The molecule has 1 saturated heterocycles. The Bertz CT molecular complexity index is 419. The average molecular weight is 343 g/mol. The Morgan fingerprint density at radius 2 is 2.25 bits per heavy atom. The summed E-state index contributed by atoms with van der Waals surface area (Å²) in [7, 11) is 0. The lowest BCUT2D eigenvalue weighted by Crippen LogP contribution is -2.41. The molecular formula is C14H19BrN2O3. The monoisotopic (exact) mass is 342 g/mol. The van der Waals surface area contributed by atoms with Crippen LogP contribution in [0.15, 0.2) is 28.7 Å². The molecule has 0 aromatic heterocycles. The molecule has 1 amide bonds. The molecule has 1 unspecified atom stereocenters. The van der Waals surface area contributed by atoms with Gasteiger partial charge in [-0.25, -0.2) is 0 Å². The first-order chi connectivity index (χ1) is 9.74. The summed E-state index contributed by atoms with van der Waals surface area (Å²) in [5, 5.41) is 6.03. The SMILES string of the molecule is O=C(CC1CNCCO1)NCCOc1ccc(Br)cc1. The lowest BCUT2D eigenvalue weighted by Gasteiger charge is -2.23. The summed E-state index contributed by atoms with van der Waals surface area (Å²) in [6.07, 6.45) is 0.377. The van der Waals surface area contributed by atoms with Crippen LogP contribution in [-0.2, 0) is 9.53 Å². The number of benzene rings is 1. The van der Waals surface area contributed by atoms with Crippen LogP contribution in [0.3, 0.4) is 0 Å². The second-order valence-corrected chi connectivity index (χ2v) is 5.47. The van der Waals surface area contributed by atoms with Gasteiger partial charge in [0, 0.05) is 17.6 Å². The molecule has 1 fully saturated rings. The van der Waals surface area contributed by atoms with Crippen LogP contribution in [0.4, 0.5) is 0 Å². The van der Waals surface area contributed by atoms with Crippen LogP contribution < -0.4 is 15.4 Å². The summed E-state index contributed by atoms with van der Waals surface area (Å²) in [5.41, 5.74) is 0. The molecule has 0 saturated carbocycles. The highest BCUT2D eigenvalue weighted by Crippen LogP contribution is 2.15. The van der Waals surface area contributed by atoms with E-state index >= 15 is 0 Å². The van der Waals surface area contributed by atoms with E-state index in [9.17, 15) is 4.79 Å². The number of carbonyl (C=O) groups excluding carboxylic acids is 1. The van der Waals surface area contributed by atoms with E-state index in [1.54, 1.807) is 0 Å². The van der Waals surface area contributed by atoms with E-state index < -0.39 is 0 Å². The van der Waals surface area contributed by atoms with Crippen LogP contribution in [-0.4, -0.2) is 44.9 Å². The maximum atomic E-state index is 11.7. The number of amides is 1. The molecule has 110 valence electrons. The van der Waals surface area contributed by atoms with E-state index in [0.717, 1.165) is 23.3 Å². The Hall–Kier alpha value is -1.11. The third kappa shape index (κ3) is 5.48. The fourth-order valence-electron chi connectivity index (χ4n) is 1.92. The molecule has 1 aromatic rings. The van der Waals surface area contributed by atoms with Gasteiger partial charge in [0.05, 0.1) is 25.7 Å². The molecule has 0 spiro atoms. The zero-order valence-corrected chi connectivity index (χ0v) is 12.8. The molecule has 0 radical (unpaired) electrons. The van der Waals surface area contributed by atoms with Crippen molar-refractivity contribution in [3.05, 3.63) is 28.7 Å². The zero-order chi connectivity index (χ0) is 14.2. The van der Waals surface area contributed by atoms with Gasteiger partial charge >= 0.3 is 0 Å². The number of hydrogen-bond acceptors (Lipinski definition) is 4. The van der Waals surface area contributed by atoms with Gasteiger partial charge in [-0.3, -0.25) is 4.79 Å².